The highest BCUT2D eigenvalue weighted by Crippen LogP contribution is 2.00. The summed E-state index contributed by atoms with van der Waals surface area (Å²) in [6.07, 6.45) is 1.52. The Morgan fingerprint density at radius 2 is 0.889 bits per heavy atom. The first-order chi connectivity index (χ1) is 12.8. The summed E-state index contributed by atoms with van der Waals surface area (Å²) in [6, 6.07) is 0. The van der Waals surface area contributed by atoms with Crippen LogP contribution >= 0.6 is 0 Å². The maximum absolute atomic E-state index is 8.68. The summed E-state index contributed by atoms with van der Waals surface area (Å²) in [4.78, 5) is 4.07. The van der Waals surface area contributed by atoms with Crippen LogP contribution in [0.15, 0.2) is 15.5 Å². The summed E-state index contributed by atoms with van der Waals surface area (Å²) in [5.41, 5.74) is 22.0. The van der Waals surface area contributed by atoms with Crippen LogP contribution in [0, 0.1) is 5.41 Å². The predicted molar refractivity (Wildman–Crippen MR) is 103 cm³/mol. The monoisotopic (exact) mass is 388 g/mol. The number of nitrogens with two attached hydrogens (primary N) is 4. The average Bonchev–Trinajstić information content (AvgIpc) is 2.67. The van der Waals surface area contributed by atoms with Crippen molar-refractivity contribution in [2.75, 3.05) is 39.3 Å². The molecule has 0 aromatic carbocycles. The molecule has 13 heteroatoms. The zero-order valence-electron chi connectivity index (χ0n) is 15.5. The Kier molecular flexibility index (Phi) is 12.9. The van der Waals surface area contributed by atoms with Crippen molar-refractivity contribution in [2.24, 2.45) is 38.4 Å². The summed E-state index contributed by atoms with van der Waals surface area (Å²) < 4.78 is 0. The minimum Gasteiger partial charge on any atom is -0.409 e. The number of nitrogens with one attached hydrogen (secondary N) is 1. The van der Waals surface area contributed by atoms with Crippen LogP contribution in [0.4, 0.5) is 0 Å². The Morgan fingerprint density at radius 3 is 1.15 bits per heavy atom. The molecule has 13 nitrogen and oxygen atoms in total. The van der Waals surface area contributed by atoms with Crippen molar-refractivity contribution in [1.29, 1.82) is 5.41 Å². The van der Waals surface area contributed by atoms with E-state index in [-0.39, 0.29) is 23.3 Å². The van der Waals surface area contributed by atoms with Crippen LogP contribution in [0.5, 0.6) is 0 Å². The van der Waals surface area contributed by atoms with Gasteiger partial charge in [-0.2, -0.15) is 0 Å². The van der Waals surface area contributed by atoms with Crippen molar-refractivity contribution >= 4 is 23.3 Å². The van der Waals surface area contributed by atoms with Gasteiger partial charge in [-0.3, -0.25) is 5.41 Å². The van der Waals surface area contributed by atoms with Crippen LogP contribution in [0.25, 0.3) is 0 Å². The molecule has 0 spiro atoms. The Labute approximate surface area is 158 Å². The molecule has 0 fully saturated rings. The molecule has 0 aliphatic carbocycles. The smallest absolute Gasteiger partial charge is 0.140 e. The second-order valence-corrected chi connectivity index (χ2v) is 5.98. The molecule has 156 valence electrons. The fourth-order valence-electron chi connectivity index (χ4n) is 2.20. The number of nitrogens with zero attached hydrogens (tertiary/aromatic N) is 5. The van der Waals surface area contributed by atoms with E-state index in [0.29, 0.717) is 65.0 Å². The van der Waals surface area contributed by atoms with Gasteiger partial charge in [0, 0.05) is 65.0 Å². The van der Waals surface area contributed by atoms with Crippen molar-refractivity contribution in [2.45, 2.75) is 25.7 Å². The minimum absolute atomic E-state index is 0.0829. The first-order valence-electron chi connectivity index (χ1n) is 8.49. The molecule has 0 aromatic rings. The van der Waals surface area contributed by atoms with Crippen LogP contribution in [0.3, 0.4) is 0 Å². The lowest BCUT2D eigenvalue weighted by Gasteiger charge is -2.27. The molecule has 0 rings (SSSR count). The molecule has 0 aliphatic heterocycles. The van der Waals surface area contributed by atoms with Crippen molar-refractivity contribution < 1.29 is 15.6 Å². The lowest BCUT2D eigenvalue weighted by Crippen LogP contribution is -2.40. The normalized spacial score (nSPS) is 13.5. The Hall–Kier alpha value is -2.80. The van der Waals surface area contributed by atoms with E-state index in [9.17, 15) is 0 Å². The van der Waals surface area contributed by atoms with Gasteiger partial charge in [-0.25, -0.2) is 0 Å². The highest BCUT2D eigenvalue weighted by Gasteiger charge is 2.12. The van der Waals surface area contributed by atoms with Gasteiger partial charge in [-0.1, -0.05) is 15.5 Å². The number of rotatable bonds is 15. The van der Waals surface area contributed by atoms with Crippen molar-refractivity contribution in [1.82, 2.24) is 9.80 Å². The lowest BCUT2D eigenvalue weighted by molar-refractivity contribution is 0.213. The van der Waals surface area contributed by atoms with E-state index < -0.39 is 0 Å². The van der Waals surface area contributed by atoms with E-state index in [1.54, 1.807) is 0 Å². The molecular formula is C14H32N10O3. The van der Waals surface area contributed by atoms with Gasteiger partial charge in [0.1, 0.15) is 17.5 Å². The van der Waals surface area contributed by atoms with Crippen molar-refractivity contribution in [3.8, 4) is 0 Å². The fourth-order valence-corrected chi connectivity index (χ4v) is 2.20. The summed E-state index contributed by atoms with van der Waals surface area (Å²) in [5, 5.41) is 42.3. The first-order valence-corrected chi connectivity index (χ1v) is 8.49. The Bertz CT molecular complexity index is 501. The SMILES string of the molecule is N=C(N)CCN(CC/C(N)=N/O)CCN(CC/C(N)=N/O)CC/C(N)=N/O. The van der Waals surface area contributed by atoms with E-state index in [4.69, 9.17) is 44.0 Å². The van der Waals surface area contributed by atoms with E-state index in [0.717, 1.165) is 0 Å². The minimum atomic E-state index is 0.0829. The third kappa shape index (κ3) is 13.1. The lowest BCUT2D eigenvalue weighted by atomic mass is 10.2. The van der Waals surface area contributed by atoms with Gasteiger partial charge >= 0.3 is 0 Å². The molecule has 27 heavy (non-hydrogen) atoms. The molecule has 0 heterocycles. The molecule has 0 radical (unpaired) electrons. The molecule has 12 N–H and O–H groups in total. The average molecular weight is 388 g/mol. The molecule has 0 amide bonds. The zero-order valence-corrected chi connectivity index (χ0v) is 15.5. The van der Waals surface area contributed by atoms with Gasteiger partial charge in [0.05, 0.1) is 5.84 Å². The van der Waals surface area contributed by atoms with Gasteiger partial charge < -0.3 is 48.4 Å². The molecule has 0 aromatic heterocycles. The molecule has 0 saturated carbocycles. The number of hydrogen-bond acceptors (Lipinski definition) is 9. The molecule has 0 bridgehead atoms. The third-order valence-electron chi connectivity index (χ3n) is 3.87. The second kappa shape index (κ2) is 14.4. The third-order valence-corrected chi connectivity index (χ3v) is 3.87. The van der Waals surface area contributed by atoms with Gasteiger partial charge in [0.15, 0.2) is 0 Å². The topological polar surface area (TPSA) is 232 Å². The highest BCUT2D eigenvalue weighted by molar-refractivity contribution is 5.80. The van der Waals surface area contributed by atoms with Gasteiger partial charge in [-0.05, 0) is 0 Å². The quantitative estimate of drug-likeness (QED) is 0.0691. The van der Waals surface area contributed by atoms with Crippen LogP contribution < -0.4 is 22.9 Å². The zero-order chi connectivity index (χ0) is 20.7. The van der Waals surface area contributed by atoms with E-state index in [2.05, 4.69) is 15.5 Å². The van der Waals surface area contributed by atoms with E-state index in [1.807, 2.05) is 9.80 Å². The summed E-state index contributed by atoms with van der Waals surface area (Å²) in [7, 11) is 0. The summed E-state index contributed by atoms with van der Waals surface area (Å²) in [5.74, 6) is 0.436. The fraction of sp³-hybridized carbons (Fsp3) is 0.714. The van der Waals surface area contributed by atoms with Crippen LogP contribution in [-0.4, -0.2) is 88.0 Å². The van der Waals surface area contributed by atoms with Crippen LogP contribution in [-0.2, 0) is 0 Å². The van der Waals surface area contributed by atoms with Gasteiger partial charge in [0.2, 0.25) is 0 Å². The molecule has 0 aliphatic rings. The van der Waals surface area contributed by atoms with E-state index in [1.165, 1.54) is 0 Å². The van der Waals surface area contributed by atoms with Crippen LogP contribution in [0.2, 0.25) is 0 Å². The molecular weight excluding hydrogens is 356 g/mol. The maximum Gasteiger partial charge on any atom is 0.140 e. The highest BCUT2D eigenvalue weighted by atomic mass is 16.4. The molecule has 0 unspecified atom stereocenters. The summed E-state index contributed by atoms with van der Waals surface area (Å²) in [6.45, 7) is 3.38. The van der Waals surface area contributed by atoms with Crippen molar-refractivity contribution in [3.63, 3.8) is 0 Å². The predicted octanol–water partition coefficient (Wildman–Crippen LogP) is -1.67. The Morgan fingerprint density at radius 1 is 0.593 bits per heavy atom. The van der Waals surface area contributed by atoms with Gasteiger partial charge in [0.25, 0.3) is 0 Å². The first kappa shape index (κ1) is 24.2. The van der Waals surface area contributed by atoms with E-state index >= 15 is 0 Å². The molecule has 0 saturated heterocycles. The van der Waals surface area contributed by atoms with Gasteiger partial charge in [-0.15, -0.1) is 0 Å². The number of hydrogen-bond donors (Lipinski definition) is 8. The largest absolute Gasteiger partial charge is 0.409 e. The summed E-state index contributed by atoms with van der Waals surface area (Å²) >= 11 is 0. The number of oxime groups is 3. The van der Waals surface area contributed by atoms with Crippen molar-refractivity contribution in [3.05, 3.63) is 0 Å². The Balaban J connectivity index is 4.77. The second-order valence-electron chi connectivity index (χ2n) is 5.98. The van der Waals surface area contributed by atoms with Crippen LogP contribution in [0.1, 0.15) is 25.7 Å². The molecule has 0 atom stereocenters. The number of amidine groups is 4. The standard InChI is InChI=1S/C14H32N10O3/c15-11(16)1-5-23(6-2-12(17)20-25)9-10-24(7-3-13(18)21-26)8-4-14(19)22-27/h25-27H,1-10H2,(H3,15,16)(H2,17,20)(H2,18,21)(H2,19,22). The maximum atomic E-state index is 8.68.